The van der Waals surface area contributed by atoms with Crippen molar-refractivity contribution in [3.8, 4) is 0 Å². The zero-order valence-electron chi connectivity index (χ0n) is 34.0. The highest BCUT2D eigenvalue weighted by molar-refractivity contribution is 5.75. The predicted molar refractivity (Wildman–Crippen MR) is 201 cm³/mol. The quantitative estimate of drug-likeness (QED) is 0.152. The van der Waals surface area contributed by atoms with Gasteiger partial charge in [-0.2, -0.15) is 0 Å². The molecule has 2 saturated heterocycles. The van der Waals surface area contributed by atoms with E-state index in [4.69, 9.17) is 18.9 Å². The number of aliphatic hydroxyl groups is 9. The first-order valence-corrected chi connectivity index (χ1v) is 20.8. The van der Waals surface area contributed by atoms with Crippen molar-refractivity contribution < 1.29 is 74.8 Å². The predicted octanol–water partition coefficient (Wildman–Crippen LogP) is 0.745. The van der Waals surface area contributed by atoms with Crippen LogP contribution in [-0.4, -0.2) is 150 Å². The van der Waals surface area contributed by atoms with Crippen molar-refractivity contribution in [2.45, 2.75) is 167 Å². The Hall–Kier alpha value is -1.57. The molecule has 7 aliphatic rings. The second kappa shape index (κ2) is 14.8. The molecule has 15 heteroatoms. The van der Waals surface area contributed by atoms with Crippen molar-refractivity contribution in [1.29, 1.82) is 0 Å². The molecule has 3 saturated carbocycles. The topological polar surface area (TPSA) is 256 Å². The first kappa shape index (κ1) is 43.5. The van der Waals surface area contributed by atoms with Crippen LogP contribution in [0.4, 0.5) is 0 Å². The van der Waals surface area contributed by atoms with Crippen LogP contribution in [-0.2, 0) is 23.7 Å². The van der Waals surface area contributed by atoms with Crippen molar-refractivity contribution in [3.05, 3.63) is 23.3 Å². The number of carboxylic acids is 1. The maximum absolute atomic E-state index is 12.5. The van der Waals surface area contributed by atoms with E-state index in [2.05, 4.69) is 32.9 Å². The first-order chi connectivity index (χ1) is 26.6. The molecule has 0 spiro atoms. The van der Waals surface area contributed by atoms with Crippen LogP contribution in [0.15, 0.2) is 23.3 Å². The number of allylic oxidation sites excluding steroid dienone is 3. The van der Waals surface area contributed by atoms with Gasteiger partial charge in [0.05, 0.1) is 43.5 Å². The Kier molecular flexibility index (Phi) is 11.3. The largest absolute Gasteiger partial charge is 0.481 e. The van der Waals surface area contributed by atoms with Crippen molar-refractivity contribution in [2.75, 3.05) is 19.8 Å². The Bertz CT molecular complexity index is 1600. The fourth-order valence-corrected chi connectivity index (χ4v) is 13.1. The van der Waals surface area contributed by atoms with E-state index < -0.39 is 108 Å². The summed E-state index contributed by atoms with van der Waals surface area (Å²) in [6.07, 6.45) is -7.57. The molecule has 0 bridgehead atoms. The number of aliphatic hydroxyl groups excluding tert-OH is 9. The van der Waals surface area contributed by atoms with Gasteiger partial charge in [-0.25, -0.2) is 0 Å². The molecule has 0 aromatic carbocycles. The Morgan fingerprint density at radius 3 is 2.12 bits per heavy atom. The number of hydrogen-bond acceptors (Lipinski definition) is 14. The molecule has 0 radical (unpaired) electrons. The highest BCUT2D eigenvalue weighted by Crippen LogP contribution is 2.74. The van der Waals surface area contributed by atoms with Crippen LogP contribution in [0.25, 0.3) is 0 Å². The number of ether oxygens (including phenoxy) is 4. The molecule has 15 nitrogen and oxygen atoms in total. The molecule has 0 aromatic heterocycles. The van der Waals surface area contributed by atoms with E-state index in [-0.39, 0.29) is 42.3 Å². The van der Waals surface area contributed by atoms with Crippen LogP contribution >= 0.6 is 0 Å². The van der Waals surface area contributed by atoms with Crippen LogP contribution in [0, 0.1) is 44.3 Å². The third kappa shape index (κ3) is 6.19. The second-order valence-electron chi connectivity index (χ2n) is 20.0. The molecule has 0 aromatic rings. The van der Waals surface area contributed by atoms with Crippen molar-refractivity contribution in [2.24, 2.45) is 44.3 Å². The number of fused-ring (bicyclic) bond motifs is 6. The standard InChI is InChI=1S/C42H66O15/c1-20-28(47)33(57-34-31(50)30(49)29(48)23(17-43)55-34)32(51)35(54-20)56-27-10-11-38(3)24(39(27,4)18-44)9-12-40(5)25(38)8-7-21-22-15-37(2,36(52)53)13-14-42(22,19-45)26(46)16-41(21,40)6/h7-8,20,23-35,43-51H,9-19H2,1-6H3,(H,52,53)/t20-,23-,24-,25+,26+,27+,28+,29+,30+,31-,32+,33-,34+,35+,37+,38+,39+,40-,41-,42-/m0/s1. The minimum Gasteiger partial charge on any atom is -0.481 e. The molecular formula is C42H66O15. The van der Waals surface area contributed by atoms with E-state index in [0.717, 1.165) is 17.6 Å². The Balaban J connectivity index is 1.16. The summed E-state index contributed by atoms with van der Waals surface area (Å²) >= 11 is 0. The summed E-state index contributed by atoms with van der Waals surface area (Å²) < 4.78 is 24.0. The maximum atomic E-state index is 12.5. The summed E-state index contributed by atoms with van der Waals surface area (Å²) in [4.78, 5) is 12.5. The molecule has 20 atom stereocenters. The van der Waals surface area contributed by atoms with Crippen LogP contribution in [0.2, 0.25) is 0 Å². The van der Waals surface area contributed by atoms with Crippen LogP contribution in [0.5, 0.6) is 0 Å². The molecule has 324 valence electrons. The summed E-state index contributed by atoms with van der Waals surface area (Å²) in [5.74, 6) is -0.929. The van der Waals surface area contributed by atoms with Gasteiger partial charge in [0.25, 0.3) is 0 Å². The van der Waals surface area contributed by atoms with Crippen LogP contribution < -0.4 is 0 Å². The lowest BCUT2D eigenvalue weighted by atomic mass is 9.35. The lowest BCUT2D eigenvalue weighted by molar-refractivity contribution is -0.367. The molecule has 10 N–H and O–H groups in total. The molecule has 2 heterocycles. The van der Waals surface area contributed by atoms with Crippen LogP contribution in [0.3, 0.4) is 0 Å². The molecule has 57 heavy (non-hydrogen) atoms. The molecule has 2 aliphatic heterocycles. The summed E-state index contributed by atoms with van der Waals surface area (Å²) in [5.41, 5.74) is -2.04. The fraction of sp³-hybridized carbons (Fsp3) is 0.881. The van der Waals surface area contributed by atoms with Crippen LogP contribution in [0.1, 0.15) is 92.9 Å². The number of rotatable bonds is 8. The highest BCUT2D eigenvalue weighted by Gasteiger charge is 2.69. The van der Waals surface area contributed by atoms with E-state index in [1.807, 2.05) is 6.92 Å². The van der Waals surface area contributed by atoms with E-state index in [1.165, 1.54) is 0 Å². The monoisotopic (exact) mass is 810 g/mol. The van der Waals surface area contributed by atoms with Crippen molar-refractivity contribution in [1.82, 2.24) is 0 Å². The maximum Gasteiger partial charge on any atom is 0.309 e. The Labute approximate surface area is 334 Å². The van der Waals surface area contributed by atoms with Gasteiger partial charge in [-0.1, -0.05) is 45.4 Å². The Morgan fingerprint density at radius 1 is 0.807 bits per heavy atom. The van der Waals surface area contributed by atoms with Gasteiger partial charge in [0.1, 0.15) is 42.7 Å². The molecule has 0 amide bonds. The van der Waals surface area contributed by atoms with Gasteiger partial charge in [0.2, 0.25) is 0 Å². The lowest BCUT2D eigenvalue weighted by Gasteiger charge is -2.70. The zero-order chi connectivity index (χ0) is 41.8. The van der Waals surface area contributed by atoms with E-state index in [1.54, 1.807) is 13.8 Å². The minimum atomic E-state index is -1.75. The SMILES string of the molecule is C[C@@H]1O[C@H](O[C@@H]2CC[C@]3(C)[C@H](CC[C@@]4(C)[C@@H]3C=CC3=C5C[C@](C)(C(=O)O)CC[C@@]5(CO)[C@H](O)C[C@@]34C)[C@@]2(C)CO)[C@H](O)[C@@H](O[C@H]2O[C@@H](CO)[C@@H](O)[C@@H](O)[C@@H]2O)[C@@H]1O. The van der Waals surface area contributed by atoms with Gasteiger partial charge in [0, 0.05) is 16.2 Å². The third-order valence-electron chi connectivity index (χ3n) is 17.1. The number of hydrogen-bond donors (Lipinski definition) is 10. The molecule has 7 rings (SSSR count). The molecule has 5 fully saturated rings. The van der Waals surface area contributed by atoms with Crippen molar-refractivity contribution >= 4 is 5.97 Å². The van der Waals surface area contributed by atoms with E-state index >= 15 is 0 Å². The summed E-state index contributed by atoms with van der Waals surface area (Å²) in [5, 5.41) is 108. The lowest BCUT2D eigenvalue weighted by Crippen LogP contribution is -2.67. The number of aliphatic carboxylic acids is 1. The zero-order valence-corrected chi connectivity index (χ0v) is 34.0. The molecule has 0 unspecified atom stereocenters. The highest BCUT2D eigenvalue weighted by atomic mass is 16.7. The summed E-state index contributed by atoms with van der Waals surface area (Å²) in [7, 11) is 0. The minimum absolute atomic E-state index is 0.0104. The van der Waals surface area contributed by atoms with E-state index in [0.29, 0.717) is 38.5 Å². The fourth-order valence-electron chi connectivity index (χ4n) is 13.1. The number of carbonyl (C=O) groups is 1. The van der Waals surface area contributed by atoms with E-state index in [9.17, 15) is 55.9 Å². The normalized spacial score (nSPS) is 55.0. The second-order valence-corrected chi connectivity index (χ2v) is 20.0. The van der Waals surface area contributed by atoms with Gasteiger partial charge in [-0.3, -0.25) is 4.79 Å². The Morgan fingerprint density at radius 2 is 1.49 bits per heavy atom. The molecular weight excluding hydrogens is 744 g/mol. The smallest absolute Gasteiger partial charge is 0.309 e. The summed E-state index contributed by atoms with van der Waals surface area (Å²) in [6.45, 7) is 10.9. The van der Waals surface area contributed by atoms with Gasteiger partial charge < -0.3 is 70.0 Å². The van der Waals surface area contributed by atoms with Gasteiger partial charge in [0.15, 0.2) is 12.6 Å². The first-order valence-electron chi connectivity index (χ1n) is 20.8. The van der Waals surface area contributed by atoms with Crippen molar-refractivity contribution in [3.63, 3.8) is 0 Å². The average molecular weight is 811 g/mol. The van der Waals surface area contributed by atoms with Gasteiger partial charge >= 0.3 is 5.97 Å². The average Bonchev–Trinajstić information content (AvgIpc) is 3.16. The summed E-state index contributed by atoms with van der Waals surface area (Å²) in [6, 6.07) is 0. The third-order valence-corrected chi connectivity index (χ3v) is 17.1. The number of carboxylic acid groups (broad SMARTS) is 1. The van der Waals surface area contributed by atoms with Gasteiger partial charge in [-0.05, 0) is 93.5 Å². The van der Waals surface area contributed by atoms with Gasteiger partial charge in [-0.15, -0.1) is 0 Å². The molecule has 5 aliphatic carbocycles.